The van der Waals surface area contributed by atoms with E-state index in [-0.39, 0.29) is 0 Å². The molecule has 1 rings (SSSR count). The average Bonchev–Trinajstić information content (AvgIpc) is 1.86. The number of allylic oxidation sites excluding steroid dienone is 1. The van der Waals surface area contributed by atoms with E-state index in [4.69, 9.17) is 0 Å². The fourth-order valence-electron chi connectivity index (χ4n) is 0.282. The Hall–Kier alpha value is -0.280. The van der Waals surface area contributed by atoms with Crippen LogP contribution in [0.2, 0.25) is 0 Å². The van der Waals surface area contributed by atoms with Gasteiger partial charge in [-0.2, -0.15) is 5.43 Å². The Kier molecular flexibility index (Phi) is 0.939. The second-order valence-corrected chi connectivity index (χ2v) is 1.54. The SMILES string of the molecule is SC1=C[NH2+]N=C1. The molecule has 0 unspecified atom stereocenters. The first-order chi connectivity index (χ1) is 2.89. The summed E-state index contributed by atoms with van der Waals surface area (Å²) in [5, 5.41) is 3.75. The van der Waals surface area contributed by atoms with E-state index in [0.29, 0.717) is 0 Å². The van der Waals surface area contributed by atoms with Gasteiger partial charge in [0.05, 0.1) is 4.91 Å². The largest absolute Gasteiger partial charge is 0.193 e. The van der Waals surface area contributed by atoms with Gasteiger partial charge in [-0.3, -0.25) is 0 Å². The smallest absolute Gasteiger partial charge is 0.134 e. The van der Waals surface area contributed by atoms with E-state index < -0.39 is 0 Å². The standard InChI is InChI=1S/C3H4N2S/c6-3-1-4-5-2-3/h1-2,6H,(H,4,5)/p+1. The summed E-state index contributed by atoms with van der Waals surface area (Å²) in [5.41, 5.74) is 1.71. The Bertz CT molecular complexity index is 103. The van der Waals surface area contributed by atoms with Crippen molar-refractivity contribution in [1.29, 1.82) is 0 Å². The summed E-state index contributed by atoms with van der Waals surface area (Å²) in [4.78, 5) is 0.926. The minimum atomic E-state index is 0.926. The Morgan fingerprint density at radius 3 is 2.83 bits per heavy atom. The molecule has 2 N–H and O–H groups in total. The predicted molar refractivity (Wildman–Crippen MR) is 27.5 cm³/mol. The minimum absolute atomic E-state index is 0.926. The zero-order valence-corrected chi connectivity index (χ0v) is 4.02. The van der Waals surface area contributed by atoms with Gasteiger partial charge in [-0.05, 0) is 0 Å². The first-order valence-electron chi connectivity index (χ1n) is 1.65. The predicted octanol–water partition coefficient (Wildman–Crippen LogP) is -0.680. The van der Waals surface area contributed by atoms with Crippen LogP contribution in [0, 0.1) is 0 Å². The molecule has 0 saturated heterocycles. The van der Waals surface area contributed by atoms with E-state index >= 15 is 0 Å². The lowest BCUT2D eigenvalue weighted by molar-refractivity contribution is -0.590. The van der Waals surface area contributed by atoms with E-state index in [0.717, 1.165) is 4.91 Å². The van der Waals surface area contributed by atoms with Crippen LogP contribution < -0.4 is 5.43 Å². The van der Waals surface area contributed by atoms with Gasteiger partial charge >= 0.3 is 0 Å². The summed E-state index contributed by atoms with van der Waals surface area (Å²) >= 11 is 3.97. The van der Waals surface area contributed by atoms with Crippen molar-refractivity contribution in [2.24, 2.45) is 5.10 Å². The fourth-order valence-corrected chi connectivity index (χ4v) is 0.415. The van der Waals surface area contributed by atoms with E-state index in [1.54, 1.807) is 11.6 Å². The third-order valence-electron chi connectivity index (χ3n) is 0.538. The molecule has 0 atom stereocenters. The Balaban J connectivity index is 2.68. The summed E-state index contributed by atoms with van der Waals surface area (Å²) < 4.78 is 0. The van der Waals surface area contributed by atoms with Gasteiger partial charge in [-0.1, -0.05) is 5.10 Å². The summed E-state index contributed by atoms with van der Waals surface area (Å²) in [5.74, 6) is 0. The normalized spacial score (nSPS) is 18.5. The molecule has 1 aliphatic heterocycles. The Morgan fingerprint density at radius 2 is 2.67 bits per heavy atom. The lowest BCUT2D eigenvalue weighted by atomic mass is 10.7. The summed E-state index contributed by atoms with van der Waals surface area (Å²) in [6, 6.07) is 0. The molecule has 0 amide bonds. The van der Waals surface area contributed by atoms with Crippen LogP contribution in [0.4, 0.5) is 0 Å². The molecular weight excluding hydrogens is 96.1 g/mol. The highest BCUT2D eigenvalue weighted by molar-refractivity contribution is 7.85. The highest BCUT2D eigenvalue weighted by Crippen LogP contribution is 1.91. The van der Waals surface area contributed by atoms with E-state index in [2.05, 4.69) is 17.7 Å². The lowest BCUT2D eigenvalue weighted by Crippen LogP contribution is -2.69. The molecule has 0 fully saturated rings. The molecule has 0 saturated carbocycles. The Morgan fingerprint density at radius 1 is 1.83 bits per heavy atom. The third kappa shape index (κ3) is 0.609. The number of rotatable bonds is 0. The van der Waals surface area contributed by atoms with Crippen LogP contribution in [0.3, 0.4) is 0 Å². The monoisotopic (exact) mass is 101 g/mol. The van der Waals surface area contributed by atoms with Crippen LogP contribution in [0.15, 0.2) is 16.2 Å². The van der Waals surface area contributed by atoms with Crippen LogP contribution in [0.25, 0.3) is 0 Å². The second kappa shape index (κ2) is 1.45. The number of nitrogens with zero attached hydrogens (tertiary/aromatic N) is 1. The maximum absolute atomic E-state index is 3.97. The highest BCUT2D eigenvalue weighted by Gasteiger charge is 1.91. The number of nitrogens with two attached hydrogens (primary N) is 1. The van der Waals surface area contributed by atoms with Crippen molar-refractivity contribution in [2.45, 2.75) is 0 Å². The molecule has 1 heterocycles. The highest BCUT2D eigenvalue weighted by atomic mass is 32.1. The van der Waals surface area contributed by atoms with Crippen molar-refractivity contribution in [3.63, 3.8) is 0 Å². The molecule has 0 radical (unpaired) electrons. The topological polar surface area (TPSA) is 29.0 Å². The van der Waals surface area contributed by atoms with Crippen molar-refractivity contribution in [1.82, 2.24) is 0 Å². The van der Waals surface area contributed by atoms with Gasteiger partial charge < -0.3 is 0 Å². The van der Waals surface area contributed by atoms with Crippen LogP contribution >= 0.6 is 12.6 Å². The number of hydrogen-bond acceptors (Lipinski definition) is 2. The van der Waals surface area contributed by atoms with E-state index in [1.165, 1.54) is 0 Å². The zero-order chi connectivity index (χ0) is 4.41. The molecule has 0 aromatic rings. The molecule has 0 bridgehead atoms. The molecule has 0 spiro atoms. The van der Waals surface area contributed by atoms with Gasteiger partial charge in [0.25, 0.3) is 0 Å². The number of hydrogen-bond donors (Lipinski definition) is 2. The second-order valence-electron chi connectivity index (χ2n) is 1.02. The Labute approximate surface area is 41.3 Å². The maximum Gasteiger partial charge on any atom is 0.134 e. The van der Waals surface area contributed by atoms with Crippen molar-refractivity contribution in [3.8, 4) is 0 Å². The van der Waals surface area contributed by atoms with Crippen LogP contribution in [-0.2, 0) is 0 Å². The molecule has 0 aliphatic carbocycles. The molecule has 1 aliphatic rings. The number of quaternary nitrogens is 1. The number of thiol groups is 1. The molecule has 3 heteroatoms. The van der Waals surface area contributed by atoms with Crippen LogP contribution in [0.5, 0.6) is 0 Å². The molecule has 32 valence electrons. The fraction of sp³-hybridized carbons (Fsp3) is 0. The quantitative estimate of drug-likeness (QED) is 0.299. The van der Waals surface area contributed by atoms with E-state index in [1.807, 2.05) is 6.20 Å². The van der Waals surface area contributed by atoms with E-state index in [9.17, 15) is 0 Å². The molecule has 0 aromatic carbocycles. The zero-order valence-electron chi connectivity index (χ0n) is 3.13. The molecule has 0 aromatic heterocycles. The lowest BCUT2D eigenvalue weighted by Gasteiger charge is -1.64. The maximum atomic E-state index is 3.97. The molecular formula is C3H5N2S+. The van der Waals surface area contributed by atoms with Crippen LogP contribution in [0.1, 0.15) is 0 Å². The van der Waals surface area contributed by atoms with Gasteiger partial charge in [0.1, 0.15) is 12.4 Å². The van der Waals surface area contributed by atoms with Crippen molar-refractivity contribution >= 4 is 18.8 Å². The summed E-state index contributed by atoms with van der Waals surface area (Å²) in [6.07, 6.45) is 3.53. The minimum Gasteiger partial charge on any atom is -0.193 e. The van der Waals surface area contributed by atoms with Gasteiger partial charge in [0.2, 0.25) is 0 Å². The van der Waals surface area contributed by atoms with Gasteiger partial charge in [0.15, 0.2) is 0 Å². The molecule has 2 nitrogen and oxygen atoms in total. The summed E-state index contributed by atoms with van der Waals surface area (Å²) in [6.45, 7) is 0. The van der Waals surface area contributed by atoms with Crippen LogP contribution in [-0.4, -0.2) is 6.21 Å². The average molecular weight is 101 g/mol. The van der Waals surface area contributed by atoms with Gasteiger partial charge in [-0.15, -0.1) is 12.6 Å². The van der Waals surface area contributed by atoms with Gasteiger partial charge in [0, 0.05) is 0 Å². The first-order valence-corrected chi connectivity index (χ1v) is 2.10. The van der Waals surface area contributed by atoms with Crippen molar-refractivity contribution in [3.05, 3.63) is 11.1 Å². The van der Waals surface area contributed by atoms with Crippen molar-refractivity contribution in [2.75, 3.05) is 0 Å². The first kappa shape index (κ1) is 3.89. The van der Waals surface area contributed by atoms with Crippen molar-refractivity contribution < 1.29 is 5.43 Å². The van der Waals surface area contributed by atoms with Gasteiger partial charge in [-0.25, -0.2) is 0 Å². The summed E-state index contributed by atoms with van der Waals surface area (Å²) in [7, 11) is 0. The molecule has 6 heavy (non-hydrogen) atoms. The third-order valence-corrected chi connectivity index (χ3v) is 0.803.